The maximum Gasteiger partial charge on any atom is 0.234 e. The van der Waals surface area contributed by atoms with Crippen LogP contribution in [0, 0.1) is 5.92 Å². The molecule has 1 heterocycles. The van der Waals surface area contributed by atoms with Crippen molar-refractivity contribution in [2.75, 3.05) is 26.2 Å². The third kappa shape index (κ3) is 5.48. The summed E-state index contributed by atoms with van der Waals surface area (Å²) in [5, 5.41) is 3.01. The molecule has 0 aromatic heterocycles. The van der Waals surface area contributed by atoms with E-state index in [0.29, 0.717) is 19.0 Å². The van der Waals surface area contributed by atoms with E-state index < -0.39 is 0 Å². The van der Waals surface area contributed by atoms with Crippen molar-refractivity contribution >= 4 is 5.91 Å². The van der Waals surface area contributed by atoms with E-state index >= 15 is 0 Å². The van der Waals surface area contributed by atoms with Crippen molar-refractivity contribution in [1.82, 2.24) is 10.2 Å². The fourth-order valence-electron chi connectivity index (χ4n) is 2.91. The molecule has 1 amide bonds. The number of rotatable bonds is 6. The van der Waals surface area contributed by atoms with Gasteiger partial charge in [0.25, 0.3) is 0 Å². The van der Waals surface area contributed by atoms with Crippen LogP contribution in [0.4, 0.5) is 0 Å². The molecule has 0 saturated carbocycles. The van der Waals surface area contributed by atoms with Crippen LogP contribution >= 0.6 is 0 Å². The second kappa shape index (κ2) is 8.15. The summed E-state index contributed by atoms with van der Waals surface area (Å²) in [6.07, 6.45) is 3.21. The Morgan fingerprint density at radius 3 is 2.90 bits per heavy atom. The first kappa shape index (κ1) is 16.0. The van der Waals surface area contributed by atoms with Crippen LogP contribution < -0.4 is 11.1 Å². The lowest BCUT2D eigenvalue weighted by molar-refractivity contribution is -0.122. The average Bonchev–Trinajstić information content (AvgIpc) is 2.48. The van der Waals surface area contributed by atoms with Gasteiger partial charge in [-0.25, -0.2) is 0 Å². The Kier molecular flexibility index (Phi) is 6.21. The summed E-state index contributed by atoms with van der Waals surface area (Å²) in [6, 6.07) is 10.5. The van der Waals surface area contributed by atoms with Gasteiger partial charge in [-0.1, -0.05) is 30.3 Å². The Balaban J connectivity index is 1.67. The van der Waals surface area contributed by atoms with Gasteiger partial charge in [0.05, 0.1) is 6.54 Å². The average molecular weight is 289 g/mol. The summed E-state index contributed by atoms with van der Waals surface area (Å²) in [5.74, 6) is 0.645. The van der Waals surface area contributed by atoms with Crippen molar-refractivity contribution in [2.45, 2.75) is 32.2 Å². The molecule has 21 heavy (non-hydrogen) atoms. The first-order valence-electron chi connectivity index (χ1n) is 7.93. The second-order valence-electron chi connectivity index (χ2n) is 6.08. The van der Waals surface area contributed by atoms with Crippen LogP contribution in [-0.4, -0.2) is 43.0 Å². The zero-order valence-corrected chi connectivity index (χ0v) is 12.9. The van der Waals surface area contributed by atoms with E-state index in [4.69, 9.17) is 5.73 Å². The highest BCUT2D eigenvalue weighted by Crippen LogP contribution is 2.18. The predicted molar refractivity (Wildman–Crippen MR) is 86.0 cm³/mol. The van der Waals surface area contributed by atoms with E-state index in [0.717, 1.165) is 25.9 Å². The van der Waals surface area contributed by atoms with Gasteiger partial charge in [0.15, 0.2) is 0 Å². The van der Waals surface area contributed by atoms with E-state index in [-0.39, 0.29) is 11.9 Å². The van der Waals surface area contributed by atoms with E-state index in [1.165, 1.54) is 12.0 Å². The van der Waals surface area contributed by atoms with Crippen molar-refractivity contribution < 1.29 is 4.79 Å². The number of benzene rings is 1. The van der Waals surface area contributed by atoms with E-state index in [1.54, 1.807) is 0 Å². The minimum atomic E-state index is 0.122. The molecule has 2 atom stereocenters. The zero-order valence-electron chi connectivity index (χ0n) is 12.9. The first-order valence-corrected chi connectivity index (χ1v) is 7.93. The number of carbonyl (C=O) groups is 1. The van der Waals surface area contributed by atoms with Crippen molar-refractivity contribution in [3.63, 3.8) is 0 Å². The number of piperidine rings is 1. The quantitative estimate of drug-likeness (QED) is 0.832. The summed E-state index contributed by atoms with van der Waals surface area (Å²) < 4.78 is 0. The topological polar surface area (TPSA) is 58.4 Å². The third-order valence-electron chi connectivity index (χ3n) is 4.23. The largest absolute Gasteiger partial charge is 0.355 e. The molecule has 1 fully saturated rings. The van der Waals surface area contributed by atoms with Crippen molar-refractivity contribution in [3.8, 4) is 0 Å². The third-order valence-corrected chi connectivity index (χ3v) is 4.23. The fourth-order valence-corrected chi connectivity index (χ4v) is 2.91. The van der Waals surface area contributed by atoms with Gasteiger partial charge < -0.3 is 11.1 Å². The number of likely N-dealkylation sites (tertiary alicyclic amines) is 1. The fraction of sp³-hybridized carbons (Fsp3) is 0.588. The highest BCUT2D eigenvalue weighted by atomic mass is 16.2. The van der Waals surface area contributed by atoms with Gasteiger partial charge in [-0.15, -0.1) is 0 Å². The predicted octanol–water partition coefficient (Wildman–Crippen LogP) is 1.40. The maximum absolute atomic E-state index is 12.0. The SMILES string of the molecule is CC(N)C1CCCN(CC(=O)NCCc2ccccc2)C1. The summed E-state index contributed by atoms with van der Waals surface area (Å²) in [7, 11) is 0. The van der Waals surface area contributed by atoms with Crippen molar-refractivity contribution in [2.24, 2.45) is 11.7 Å². The van der Waals surface area contributed by atoms with Gasteiger partial charge in [-0.05, 0) is 44.2 Å². The zero-order chi connectivity index (χ0) is 15.1. The summed E-state index contributed by atoms with van der Waals surface area (Å²) >= 11 is 0. The number of nitrogens with two attached hydrogens (primary N) is 1. The number of hydrogen-bond acceptors (Lipinski definition) is 3. The molecule has 4 nitrogen and oxygen atoms in total. The highest BCUT2D eigenvalue weighted by Gasteiger charge is 2.23. The number of nitrogens with one attached hydrogen (secondary N) is 1. The molecular weight excluding hydrogens is 262 g/mol. The Hall–Kier alpha value is -1.39. The van der Waals surface area contributed by atoms with Gasteiger partial charge in [0, 0.05) is 19.1 Å². The van der Waals surface area contributed by atoms with Gasteiger partial charge in [0.2, 0.25) is 5.91 Å². The molecule has 0 bridgehead atoms. The molecule has 1 aromatic carbocycles. The van der Waals surface area contributed by atoms with Gasteiger partial charge in [-0.2, -0.15) is 0 Å². The van der Waals surface area contributed by atoms with E-state index in [9.17, 15) is 4.79 Å². The van der Waals surface area contributed by atoms with Crippen LogP contribution in [0.25, 0.3) is 0 Å². The van der Waals surface area contributed by atoms with Crippen LogP contribution in [0.3, 0.4) is 0 Å². The lowest BCUT2D eigenvalue weighted by atomic mass is 9.92. The highest BCUT2D eigenvalue weighted by molar-refractivity contribution is 5.78. The molecule has 1 aliphatic heterocycles. The summed E-state index contributed by atoms with van der Waals surface area (Å²) in [4.78, 5) is 14.2. The lowest BCUT2D eigenvalue weighted by Gasteiger charge is -2.34. The number of carbonyl (C=O) groups excluding carboxylic acids is 1. The van der Waals surface area contributed by atoms with E-state index in [2.05, 4.69) is 29.3 Å². The van der Waals surface area contributed by atoms with Crippen molar-refractivity contribution in [1.29, 1.82) is 0 Å². The van der Waals surface area contributed by atoms with Gasteiger partial charge >= 0.3 is 0 Å². The van der Waals surface area contributed by atoms with Gasteiger partial charge in [0.1, 0.15) is 0 Å². The standard InChI is InChI=1S/C17H27N3O/c1-14(18)16-8-5-11-20(12-16)13-17(21)19-10-9-15-6-3-2-4-7-15/h2-4,6-7,14,16H,5,8-13,18H2,1H3,(H,19,21). The number of nitrogens with zero attached hydrogens (tertiary/aromatic N) is 1. The molecule has 2 unspecified atom stereocenters. The molecule has 2 rings (SSSR count). The van der Waals surface area contributed by atoms with Crippen LogP contribution in [-0.2, 0) is 11.2 Å². The second-order valence-corrected chi connectivity index (χ2v) is 6.08. The number of amides is 1. The minimum Gasteiger partial charge on any atom is -0.355 e. The normalized spacial score (nSPS) is 21.0. The molecular formula is C17H27N3O. The first-order chi connectivity index (χ1) is 10.1. The van der Waals surface area contributed by atoms with Crippen LogP contribution in [0.15, 0.2) is 30.3 Å². The molecule has 116 valence electrons. The Labute approximate surface area is 127 Å². The van der Waals surface area contributed by atoms with E-state index in [1.807, 2.05) is 18.2 Å². The molecule has 0 radical (unpaired) electrons. The lowest BCUT2D eigenvalue weighted by Crippen LogP contribution is -2.46. The molecule has 4 heteroatoms. The molecule has 1 aliphatic rings. The Morgan fingerprint density at radius 1 is 1.43 bits per heavy atom. The van der Waals surface area contributed by atoms with Gasteiger partial charge in [-0.3, -0.25) is 9.69 Å². The molecule has 3 N–H and O–H groups in total. The van der Waals surface area contributed by atoms with Crippen molar-refractivity contribution in [3.05, 3.63) is 35.9 Å². The Bertz CT molecular complexity index is 433. The monoisotopic (exact) mass is 289 g/mol. The Morgan fingerprint density at radius 2 is 2.19 bits per heavy atom. The van der Waals surface area contributed by atoms with Crippen LogP contribution in [0.2, 0.25) is 0 Å². The molecule has 0 aliphatic carbocycles. The smallest absolute Gasteiger partial charge is 0.234 e. The molecule has 1 aromatic rings. The summed E-state index contributed by atoms with van der Waals surface area (Å²) in [6.45, 7) is 5.22. The minimum absolute atomic E-state index is 0.122. The van der Waals surface area contributed by atoms with Crippen LogP contribution in [0.5, 0.6) is 0 Å². The number of hydrogen-bond donors (Lipinski definition) is 2. The van der Waals surface area contributed by atoms with Crippen LogP contribution in [0.1, 0.15) is 25.3 Å². The maximum atomic E-state index is 12.0. The summed E-state index contributed by atoms with van der Waals surface area (Å²) in [5.41, 5.74) is 7.23. The molecule has 1 saturated heterocycles. The molecule has 0 spiro atoms.